The first-order chi connectivity index (χ1) is 17.6. The molecule has 1 saturated heterocycles. The van der Waals surface area contributed by atoms with Crippen molar-refractivity contribution in [1.82, 2.24) is 15.1 Å². The number of hydrogen-bond acceptors (Lipinski definition) is 7. The number of ether oxygens (including phenoxy) is 4. The fourth-order valence-corrected chi connectivity index (χ4v) is 5.01. The Balaban J connectivity index is 1.28. The Morgan fingerprint density at radius 2 is 1.39 bits per heavy atom. The van der Waals surface area contributed by atoms with Gasteiger partial charge >= 0.3 is 0 Å². The van der Waals surface area contributed by atoms with Crippen LogP contribution in [0.4, 0.5) is 0 Å². The van der Waals surface area contributed by atoms with Gasteiger partial charge in [-0.15, -0.1) is 0 Å². The number of unbranched alkanes of at least 4 members (excludes halogenated alkanes) is 1. The quantitative estimate of drug-likeness (QED) is 0.250. The molecule has 1 N–H and O–H groups in total. The maximum Gasteiger partial charge on any atom is 0.222 e. The Labute approximate surface area is 220 Å². The van der Waals surface area contributed by atoms with Crippen molar-refractivity contribution >= 4 is 5.91 Å². The molecule has 212 valence electrons. The van der Waals surface area contributed by atoms with Crippen LogP contribution >= 0.6 is 0 Å². The molecule has 2 fully saturated rings. The van der Waals surface area contributed by atoms with E-state index in [2.05, 4.69) is 35.9 Å². The number of amides is 1. The lowest BCUT2D eigenvalue weighted by Gasteiger charge is -2.41. The molecule has 0 aromatic rings. The molecule has 1 aliphatic carbocycles. The van der Waals surface area contributed by atoms with Crippen LogP contribution in [0.1, 0.15) is 72.1 Å². The zero-order valence-electron chi connectivity index (χ0n) is 23.5. The lowest BCUT2D eigenvalue weighted by Crippen LogP contribution is -2.51. The average Bonchev–Trinajstić information content (AvgIpc) is 2.88. The summed E-state index contributed by atoms with van der Waals surface area (Å²) < 4.78 is 22.3. The normalized spacial score (nSPS) is 22.5. The summed E-state index contributed by atoms with van der Waals surface area (Å²) in [5.74, 6) is 0.985. The van der Waals surface area contributed by atoms with E-state index in [1.165, 1.54) is 51.9 Å². The number of carbonyl (C=O) groups excluding carboxylic acids is 1. The van der Waals surface area contributed by atoms with E-state index in [1.807, 2.05) is 0 Å². The standard InChI is InChI=1S/C28H55N3O5/c1-4-5-6-26(3)29-28(32)11-17-33-19-21-35-23-24-36-22-20-34-18-16-30-12-14-31(15-13-30)27-9-7-25(2)8-10-27/h25-27H,4-24H2,1-3H3,(H,29,32)/t25-,26-,27-/m1/s1. The summed E-state index contributed by atoms with van der Waals surface area (Å²) in [5, 5.41) is 3.01. The van der Waals surface area contributed by atoms with Gasteiger partial charge in [0.05, 0.1) is 52.9 Å². The molecular weight excluding hydrogens is 458 g/mol. The highest BCUT2D eigenvalue weighted by atomic mass is 16.6. The first kappa shape index (κ1) is 31.4. The lowest BCUT2D eigenvalue weighted by atomic mass is 9.86. The molecular formula is C28H55N3O5. The molecule has 8 heteroatoms. The predicted octanol–water partition coefficient (Wildman–Crippen LogP) is 3.33. The van der Waals surface area contributed by atoms with Gasteiger partial charge in [-0.2, -0.15) is 0 Å². The van der Waals surface area contributed by atoms with Gasteiger partial charge in [-0.1, -0.05) is 26.7 Å². The third-order valence-corrected chi connectivity index (χ3v) is 7.45. The van der Waals surface area contributed by atoms with Gasteiger partial charge in [0.1, 0.15) is 0 Å². The third-order valence-electron chi connectivity index (χ3n) is 7.45. The van der Waals surface area contributed by atoms with Crippen molar-refractivity contribution in [2.24, 2.45) is 5.92 Å². The zero-order chi connectivity index (χ0) is 25.8. The fourth-order valence-electron chi connectivity index (χ4n) is 5.01. The highest BCUT2D eigenvalue weighted by Gasteiger charge is 2.26. The van der Waals surface area contributed by atoms with Crippen LogP contribution in [0.5, 0.6) is 0 Å². The van der Waals surface area contributed by atoms with E-state index in [0.717, 1.165) is 44.4 Å². The summed E-state index contributed by atoms with van der Waals surface area (Å²) in [7, 11) is 0. The highest BCUT2D eigenvalue weighted by molar-refractivity contribution is 5.76. The molecule has 2 rings (SSSR count). The Kier molecular flexibility index (Phi) is 17.7. The maximum absolute atomic E-state index is 11.8. The Bertz CT molecular complexity index is 537. The first-order valence-electron chi connectivity index (χ1n) is 14.6. The molecule has 0 spiro atoms. The van der Waals surface area contributed by atoms with Crippen LogP contribution in [0.15, 0.2) is 0 Å². The van der Waals surface area contributed by atoms with E-state index in [0.29, 0.717) is 52.7 Å². The topological polar surface area (TPSA) is 72.5 Å². The minimum atomic E-state index is 0.0575. The zero-order valence-corrected chi connectivity index (χ0v) is 23.5. The molecule has 1 aliphatic heterocycles. The smallest absolute Gasteiger partial charge is 0.222 e. The molecule has 0 aromatic carbocycles. The van der Waals surface area contributed by atoms with Gasteiger partial charge < -0.3 is 24.3 Å². The number of carbonyl (C=O) groups is 1. The van der Waals surface area contributed by atoms with Crippen LogP contribution in [0.2, 0.25) is 0 Å². The van der Waals surface area contributed by atoms with Crippen molar-refractivity contribution in [3.05, 3.63) is 0 Å². The second-order valence-corrected chi connectivity index (χ2v) is 10.6. The van der Waals surface area contributed by atoms with Crippen molar-refractivity contribution in [2.75, 3.05) is 85.6 Å². The number of hydrogen-bond donors (Lipinski definition) is 1. The van der Waals surface area contributed by atoms with Crippen molar-refractivity contribution < 1.29 is 23.7 Å². The van der Waals surface area contributed by atoms with E-state index in [1.54, 1.807) is 0 Å². The molecule has 0 radical (unpaired) electrons. The van der Waals surface area contributed by atoms with Crippen molar-refractivity contribution in [2.45, 2.75) is 84.2 Å². The molecule has 0 bridgehead atoms. The van der Waals surface area contributed by atoms with E-state index >= 15 is 0 Å². The van der Waals surface area contributed by atoms with Crippen molar-refractivity contribution in [3.63, 3.8) is 0 Å². The van der Waals surface area contributed by atoms with Gasteiger partial charge in [0.25, 0.3) is 0 Å². The second-order valence-electron chi connectivity index (χ2n) is 10.6. The number of nitrogens with zero attached hydrogens (tertiary/aromatic N) is 2. The van der Waals surface area contributed by atoms with Gasteiger partial charge in [-0.25, -0.2) is 0 Å². The van der Waals surface area contributed by atoms with Gasteiger partial charge in [0.2, 0.25) is 5.91 Å². The molecule has 1 atom stereocenters. The highest BCUT2D eigenvalue weighted by Crippen LogP contribution is 2.27. The molecule has 2 aliphatic rings. The summed E-state index contributed by atoms with van der Waals surface area (Å²) in [6.07, 6.45) is 9.31. The molecule has 1 saturated carbocycles. The van der Waals surface area contributed by atoms with E-state index < -0.39 is 0 Å². The largest absolute Gasteiger partial charge is 0.379 e. The van der Waals surface area contributed by atoms with Crippen LogP contribution < -0.4 is 5.32 Å². The first-order valence-corrected chi connectivity index (χ1v) is 14.6. The van der Waals surface area contributed by atoms with Gasteiger partial charge in [-0.3, -0.25) is 14.6 Å². The monoisotopic (exact) mass is 513 g/mol. The molecule has 0 aromatic heterocycles. The van der Waals surface area contributed by atoms with Crippen LogP contribution in [0.3, 0.4) is 0 Å². The summed E-state index contributed by atoms with van der Waals surface area (Å²) in [6.45, 7) is 16.9. The lowest BCUT2D eigenvalue weighted by molar-refractivity contribution is -0.123. The van der Waals surface area contributed by atoms with E-state index in [-0.39, 0.29) is 11.9 Å². The molecule has 0 unspecified atom stereocenters. The van der Waals surface area contributed by atoms with Crippen LogP contribution in [0, 0.1) is 5.92 Å². The number of nitrogens with one attached hydrogen (secondary N) is 1. The summed E-state index contributed by atoms with van der Waals surface area (Å²) in [6, 6.07) is 1.07. The summed E-state index contributed by atoms with van der Waals surface area (Å²) in [4.78, 5) is 17.1. The summed E-state index contributed by atoms with van der Waals surface area (Å²) >= 11 is 0. The molecule has 1 amide bonds. The van der Waals surface area contributed by atoms with Gasteiger partial charge in [-0.05, 0) is 44.9 Å². The van der Waals surface area contributed by atoms with E-state index in [9.17, 15) is 4.79 Å². The average molecular weight is 514 g/mol. The Morgan fingerprint density at radius 1 is 0.833 bits per heavy atom. The Morgan fingerprint density at radius 3 is 1.97 bits per heavy atom. The summed E-state index contributed by atoms with van der Waals surface area (Å²) in [5.41, 5.74) is 0. The number of rotatable bonds is 20. The SMILES string of the molecule is CCCC[C@@H](C)NC(=O)CCOCCOCCOCCOCCN1CCN([C@H]2CC[C@H](C)CC2)CC1. The minimum absolute atomic E-state index is 0.0575. The molecule has 8 nitrogen and oxygen atoms in total. The second kappa shape index (κ2) is 20.2. The fraction of sp³-hybridized carbons (Fsp3) is 0.964. The van der Waals surface area contributed by atoms with Crippen LogP contribution in [0.25, 0.3) is 0 Å². The minimum Gasteiger partial charge on any atom is -0.379 e. The van der Waals surface area contributed by atoms with Gasteiger partial charge in [0, 0.05) is 51.2 Å². The Hall–Kier alpha value is -0.770. The molecule has 1 heterocycles. The van der Waals surface area contributed by atoms with Gasteiger partial charge in [0.15, 0.2) is 0 Å². The van der Waals surface area contributed by atoms with Crippen molar-refractivity contribution in [1.29, 1.82) is 0 Å². The van der Waals surface area contributed by atoms with Crippen molar-refractivity contribution in [3.8, 4) is 0 Å². The maximum atomic E-state index is 11.8. The van der Waals surface area contributed by atoms with E-state index in [4.69, 9.17) is 18.9 Å². The third kappa shape index (κ3) is 14.8. The molecule has 36 heavy (non-hydrogen) atoms. The number of piperazine rings is 1. The van der Waals surface area contributed by atoms with Crippen LogP contribution in [-0.2, 0) is 23.7 Å². The van der Waals surface area contributed by atoms with Crippen LogP contribution in [-0.4, -0.2) is 113 Å². The predicted molar refractivity (Wildman–Crippen MR) is 144 cm³/mol.